The van der Waals surface area contributed by atoms with Gasteiger partial charge in [0, 0.05) is 0 Å². The van der Waals surface area contributed by atoms with Crippen molar-refractivity contribution in [2.45, 2.75) is 116 Å². The standard InChI is InChI=1S/C27H49O5PSi3/c1-27-18-17-23-22-14-12-21(29-33(28,31-35(5,6)7)32-36(8,9)10)19-20(22)11-13-24(23)25(27)15-16-26(27)30-34(2,3)4/h12,14,19,23-26H,11,13,15-18H2,1-10H3/t23-,24-,25+,26?,27+/m1/s1. The summed E-state index contributed by atoms with van der Waals surface area (Å²) in [5.74, 6) is 2.69. The van der Waals surface area contributed by atoms with Crippen LogP contribution in [-0.4, -0.2) is 31.1 Å². The Bertz CT molecular complexity index is 992. The van der Waals surface area contributed by atoms with Crippen LogP contribution < -0.4 is 4.52 Å². The maximum atomic E-state index is 13.7. The van der Waals surface area contributed by atoms with Gasteiger partial charge in [0.25, 0.3) is 0 Å². The zero-order valence-corrected chi connectivity index (χ0v) is 28.2. The van der Waals surface area contributed by atoms with Crippen LogP contribution in [0.5, 0.6) is 5.75 Å². The maximum absolute atomic E-state index is 13.7. The molecule has 0 aromatic heterocycles. The molecule has 2 saturated carbocycles. The molecule has 3 aliphatic rings. The summed E-state index contributed by atoms with van der Waals surface area (Å²) in [6.45, 7) is 21.6. The normalized spacial score (nSPS) is 30.9. The van der Waals surface area contributed by atoms with Gasteiger partial charge in [-0.3, -0.25) is 0 Å². The number of hydrogen-bond donors (Lipinski definition) is 0. The first-order chi connectivity index (χ1) is 16.4. The number of hydrogen-bond acceptors (Lipinski definition) is 5. The third-order valence-corrected chi connectivity index (χ3v) is 15.7. The summed E-state index contributed by atoms with van der Waals surface area (Å²) < 4.78 is 38.5. The van der Waals surface area contributed by atoms with Crippen molar-refractivity contribution in [2.24, 2.45) is 17.3 Å². The predicted molar refractivity (Wildman–Crippen MR) is 156 cm³/mol. The van der Waals surface area contributed by atoms with Crippen molar-refractivity contribution in [2.75, 3.05) is 0 Å². The van der Waals surface area contributed by atoms with Gasteiger partial charge in [-0.05, 0) is 144 Å². The lowest BCUT2D eigenvalue weighted by Crippen LogP contribution is -2.47. The molecule has 5 atom stereocenters. The molecule has 5 nitrogen and oxygen atoms in total. The third-order valence-electron chi connectivity index (χ3n) is 8.10. The van der Waals surface area contributed by atoms with E-state index in [0.717, 1.165) is 18.3 Å². The Morgan fingerprint density at radius 2 is 1.50 bits per heavy atom. The molecule has 9 heteroatoms. The van der Waals surface area contributed by atoms with Crippen molar-refractivity contribution < 1.29 is 21.9 Å². The van der Waals surface area contributed by atoms with Gasteiger partial charge in [-0.15, -0.1) is 0 Å². The summed E-state index contributed by atoms with van der Waals surface area (Å²) in [6.07, 6.45) is 7.69. The smallest absolute Gasteiger partial charge is 0.414 e. The van der Waals surface area contributed by atoms with Crippen molar-refractivity contribution in [3.63, 3.8) is 0 Å². The minimum Gasteiger partial charge on any atom is -0.414 e. The molecule has 0 amide bonds. The molecule has 0 spiro atoms. The third kappa shape index (κ3) is 6.49. The van der Waals surface area contributed by atoms with Gasteiger partial charge in [0.15, 0.2) is 25.0 Å². The van der Waals surface area contributed by atoms with Crippen molar-refractivity contribution in [1.82, 2.24) is 0 Å². The number of phosphoric acid groups is 1. The highest BCUT2D eigenvalue weighted by molar-refractivity contribution is 7.52. The first-order valence-corrected chi connectivity index (χ1v) is 25.6. The van der Waals surface area contributed by atoms with Crippen LogP contribution in [-0.2, 0) is 23.8 Å². The Balaban J connectivity index is 1.54. The van der Waals surface area contributed by atoms with Crippen molar-refractivity contribution >= 4 is 32.8 Å². The first kappa shape index (κ1) is 28.8. The van der Waals surface area contributed by atoms with E-state index >= 15 is 0 Å². The highest BCUT2D eigenvalue weighted by Gasteiger charge is 2.55. The van der Waals surface area contributed by atoms with E-state index in [9.17, 15) is 4.57 Å². The molecule has 36 heavy (non-hydrogen) atoms. The highest BCUT2D eigenvalue weighted by Crippen LogP contribution is 2.62. The Kier molecular flexibility index (Phi) is 7.80. The maximum Gasteiger partial charge on any atom is 0.510 e. The van der Waals surface area contributed by atoms with Crippen molar-refractivity contribution in [3.8, 4) is 5.75 Å². The van der Waals surface area contributed by atoms with E-state index in [0.29, 0.717) is 23.2 Å². The first-order valence-electron chi connectivity index (χ1n) is 13.9. The zero-order chi connectivity index (χ0) is 26.7. The molecular formula is C27H49O5PSi3. The fourth-order valence-corrected chi connectivity index (χ4v) is 14.8. The molecule has 3 aliphatic carbocycles. The van der Waals surface area contributed by atoms with Crippen LogP contribution in [0.1, 0.15) is 56.1 Å². The summed E-state index contributed by atoms with van der Waals surface area (Å²) >= 11 is 0. The molecule has 1 aromatic rings. The van der Waals surface area contributed by atoms with Gasteiger partial charge in [0.2, 0.25) is 0 Å². The summed E-state index contributed by atoms with van der Waals surface area (Å²) in [5.41, 5.74) is 3.14. The number of benzene rings is 1. The molecule has 0 saturated heterocycles. The zero-order valence-electron chi connectivity index (χ0n) is 24.3. The van der Waals surface area contributed by atoms with Crippen LogP contribution in [0, 0.1) is 17.3 Å². The molecule has 0 bridgehead atoms. The van der Waals surface area contributed by atoms with E-state index in [1.54, 1.807) is 0 Å². The van der Waals surface area contributed by atoms with E-state index < -0.39 is 32.8 Å². The lowest BCUT2D eigenvalue weighted by atomic mass is 9.55. The van der Waals surface area contributed by atoms with Crippen LogP contribution in [0.4, 0.5) is 0 Å². The van der Waals surface area contributed by atoms with Crippen LogP contribution in [0.3, 0.4) is 0 Å². The van der Waals surface area contributed by atoms with Crippen LogP contribution in [0.2, 0.25) is 58.9 Å². The number of aryl methyl sites for hydroxylation is 1. The van der Waals surface area contributed by atoms with Gasteiger partial charge in [0.1, 0.15) is 5.75 Å². The Hall–Kier alpha value is -0.219. The van der Waals surface area contributed by atoms with E-state index in [2.05, 4.69) is 38.7 Å². The molecule has 1 aromatic carbocycles. The molecule has 0 N–H and O–H groups in total. The molecule has 1 unspecified atom stereocenters. The molecule has 4 rings (SSSR count). The van der Waals surface area contributed by atoms with E-state index in [1.165, 1.54) is 43.2 Å². The van der Waals surface area contributed by atoms with Gasteiger partial charge >= 0.3 is 7.82 Å². The highest BCUT2D eigenvalue weighted by atomic mass is 31.2. The molecular weight excluding hydrogens is 520 g/mol. The summed E-state index contributed by atoms with van der Waals surface area (Å²) in [6, 6.07) is 6.34. The van der Waals surface area contributed by atoms with E-state index in [4.69, 9.17) is 17.4 Å². The topological polar surface area (TPSA) is 54.0 Å². The lowest BCUT2D eigenvalue weighted by Gasteiger charge is -2.51. The summed E-state index contributed by atoms with van der Waals surface area (Å²) in [7, 11) is -9.51. The quantitative estimate of drug-likeness (QED) is 0.231. The van der Waals surface area contributed by atoms with Gasteiger partial charge in [0.05, 0.1) is 6.10 Å². The molecule has 0 heterocycles. The monoisotopic (exact) mass is 568 g/mol. The predicted octanol–water partition coefficient (Wildman–Crippen LogP) is 8.95. The lowest BCUT2D eigenvalue weighted by molar-refractivity contribution is -0.0140. The van der Waals surface area contributed by atoms with Crippen molar-refractivity contribution in [3.05, 3.63) is 29.3 Å². The van der Waals surface area contributed by atoms with Crippen LogP contribution in [0.25, 0.3) is 0 Å². The van der Waals surface area contributed by atoms with E-state index in [1.807, 2.05) is 45.3 Å². The molecule has 0 radical (unpaired) electrons. The van der Waals surface area contributed by atoms with Gasteiger partial charge in [-0.2, -0.15) is 0 Å². The van der Waals surface area contributed by atoms with Crippen LogP contribution in [0.15, 0.2) is 18.2 Å². The summed E-state index contributed by atoms with van der Waals surface area (Å²) in [5, 5.41) is 0. The second kappa shape index (κ2) is 9.76. The average molecular weight is 569 g/mol. The minimum absolute atomic E-state index is 0.316. The Labute approximate surface area is 223 Å². The molecule has 204 valence electrons. The second-order valence-corrected chi connectivity index (χ2v) is 30.0. The summed E-state index contributed by atoms with van der Waals surface area (Å²) in [4.78, 5) is 0. The largest absolute Gasteiger partial charge is 0.510 e. The fraction of sp³-hybridized carbons (Fsp3) is 0.778. The average Bonchev–Trinajstić information content (AvgIpc) is 2.99. The number of fused-ring (bicyclic) bond motifs is 5. The number of rotatable bonds is 8. The molecule has 0 aliphatic heterocycles. The van der Waals surface area contributed by atoms with Crippen LogP contribution >= 0.6 is 7.82 Å². The Morgan fingerprint density at radius 1 is 0.861 bits per heavy atom. The van der Waals surface area contributed by atoms with Gasteiger partial charge < -0.3 is 17.4 Å². The van der Waals surface area contributed by atoms with Gasteiger partial charge in [-0.1, -0.05) is 13.0 Å². The minimum atomic E-state index is -3.68. The second-order valence-electron chi connectivity index (χ2n) is 14.6. The fourth-order valence-electron chi connectivity index (χ4n) is 7.04. The molecule has 2 fully saturated rings. The Morgan fingerprint density at radius 3 is 2.08 bits per heavy atom. The SMILES string of the molecule is C[C@]12CC[C@@H]3c4ccc(OP(=O)(O[Si](C)(C)C)O[Si](C)(C)C)cc4CC[C@H]3[C@@H]1CCC2O[Si](C)(C)C. The van der Waals surface area contributed by atoms with Gasteiger partial charge in [-0.25, -0.2) is 4.57 Å². The van der Waals surface area contributed by atoms with E-state index in [-0.39, 0.29) is 0 Å². The van der Waals surface area contributed by atoms with Crippen molar-refractivity contribution in [1.29, 1.82) is 0 Å².